The molecule has 0 aromatic heterocycles. The lowest BCUT2D eigenvalue weighted by Crippen LogP contribution is -2.29. The number of hydrogen-bond acceptors (Lipinski definition) is 3. The number of benzene rings is 1. The summed E-state index contributed by atoms with van der Waals surface area (Å²) < 4.78 is 0. The van der Waals surface area contributed by atoms with Crippen molar-refractivity contribution in [2.75, 3.05) is 11.4 Å². The zero-order chi connectivity index (χ0) is 12.3. The highest BCUT2D eigenvalue weighted by molar-refractivity contribution is 6.28. The highest BCUT2D eigenvalue weighted by atomic mass is 16.2. The molecular formula is C13H12N2O2. The van der Waals surface area contributed by atoms with E-state index in [1.165, 1.54) is 12.2 Å². The maximum Gasteiger partial charge on any atom is 0.258 e. The molecule has 0 bridgehead atoms. The topological polar surface area (TPSA) is 63.4 Å². The summed E-state index contributed by atoms with van der Waals surface area (Å²) in [7, 11) is 0. The molecule has 1 heterocycles. The number of carbonyl (C=O) groups excluding carboxylic acids is 2. The minimum absolute atomic E-state index is 0.305. The Morgan fingerprint density at radius 2 is 1.65 bits per heavy atom. The van der Waals surface area contributed by atoms with E-state index in [1.54, 1.807) is 12.1 Å². The number of amides is 2. The Morgan fingerprint density at radius 3 is 2.18 bits per heavy atom. The second-order valence-electron chi connectivity index (χ2n) is 3.57. The third-order valence-electron chi connectivity index (χ3n) is 2.41. The van der Waals surface area contributed by atoms with Crippen LogP contribution in [0.5, 0.6) is 0 Å². The average Bonchev–Trinajstić information content (AvgIpc) is 2.67. The van der Waals surface area contributed by atoms with Crippen molar-refractivity contribution in [1.82, 2.24) is 0 Å². The molecule has 0 aliphatic carbocycles. The number of carbonyl (C=O) groups is 2. The van der Waals surface area contributed by atoms with Crippen LogP contribution in [0.25, 0.3) is 6.08 Å². The molecule has 1 aromatic rings. The molecule has 1 aliphatic rings. The van der Waals surface area contributed by atoms with E-state index in [2.05, 4.69) is 0 Å². The molecule has 1 aromatic carbocycles. The van der Waals surface area contributed by atoms with Gasteiger partial charge in [-0.25, -0.2) is 4.90 Å². The van der Waals surface area contributed by atoms with Crippen LogP contribution < -0.4 is 10.6 Å². The van der Waals surface area contributed by atoms with Gasteiger partial charge in [0.1, 0.15) is 0 Å². The quantitative estimate of drug-likeness (QED) is 0.787. The first-order chi connectivity index (χ1) is 8.22. The number of hydrogen-bond donors (Lipinski definition) is 1. The lowest BCUT2D eigenvalue weighted by atomic mass is 10.2. The summed E-state index contributed by atoms with van der Waals surface area (Å²) in [5.41, 5.74) is 6.91. The normalized spacial score (nSPS) is 15.2. The molecule has 0 saturated carbocycles. The number of nitrogens with two attached hydrogens (primary N) is 1. The number of imide groups is 1. The number of anilines is 1. The third kappa shape index (κ3) is 2.32. The molecule has 4 nitrogen and oxygen atoms in total. The predicted octanol–water partition coefficient (Wildman–Crippen LogP) is 1.09. The number of rotatable bonds is 3. The minimum atomic E-state index is -0.305. The molecule has 2 amide bonds. The van der Waals surface area contributed by atoms with Gasteiger partial charge in [-0.05, 0) is 17.7 Å². The fraction of sp³-hybridized carbons (Fsp3) is 0.0769. The van der Waals surface area contributed by atoms with E-state index in [-0.39, 0.29) is 11.8 Å². The van der Waals surface area contributed by atoms with Gasteiger partial charge >= 0.3 is 0 Å². The fourth-order valence-electron chi connectivity index (χ4n) is 1.59. The van der Waals surface area contributed by atoms with Crippen LogP contribution in [0.4, 0.5) is 5.69 Å². The SMILES string of the molecule is NCC=Cc1ccc(N2C(=O)C=CC2=O)cc1. The molecule has 86 valence electrons. The summed E-state index contributed by atoms with van der Waals surface area (Å²) in [4.78, 5) is 24.0. The molecule has 4 heteroatoms. The maximum atomic E-state index is 11.4. The van der Waals surface area contributed by atoms with Crippen LogP contribution in [0.3, 0.4) is 0 Å². The summed E-state index contributed by atoms with van der Waals surface area (Å²) in [6, 6.07) is 7.14. The standard InChI is InChI=1S/C13H12N2O2/c14-9-1-2-10-3-5-11(6-4-10)15-12(16)7-8-13(15)17/h1-8H,9,14H2. The molecule has 1 aliphatic heterocycles. The van der Waals surface area contributed by atoms with Gasteiger partial charge in [0, 0.05) is 18.7 Å². The van der Waals surface area contributed by atoms with Gasteiger partial charge in [0.25, 0.3) is 11.8 Å². The zero-order valence-electron chi connectivity index (χ0n) is 9.17. The van der Waals surface area contributed by atoms with Gasteiger partial charge in [0.2, 0.25) is 0 Å². The van der Waals surface area contributed by atoms with Crippen LogP contribution in [-0.4, -0.2) is 18.4 Å². The van der Waals surface area contributed by atoms with Gasteiger partial charge in [0.15, 0.2) is 0 Å². The van der Waals surface area contributed by atoms with Gasteiger partial charge in [-0.15, -0.1) is 0 Å². The van der Waals surface area contributed by atoms with Crippen molar-refractivity contribution in [2.24, 2.45) is 5.73 Å². The van der Waals surface area contributed by atoms with Crippen molar-refractivity contribution in [1.29, 1.82) is 0 Å². The minimum Gasteiger partial charge on any atom is -0.327 e. The van der Waals surface area contributed by atoms with E-state index in [0.717, 1.165) is 10.5 Å². The second-order valence-corrected chi connectivity index (χ2v) is 3.57. The van der Waals surface area contributed by atoms with E-state index >= 15 is 0 Å². The summed E-state index contributed by atoms with van der Waals surface area (Å²) in [5, 5.41) is 0. The first-order valence-corrected chi connectivity index (χ1v) is 5.25. The molecule has 17 heavy (non-hydrogen) atoms. The molecule has 0 radical (unpaired) electrons. The molecule has 0 spiro atoms. The van der Waals surface area contributed by atoms with Crippen LogP contribution in [0.1, 0.15) is 5.56 Å². The van der Waals surface area contributed by atoms with Crippen molar-refractivity contribution >= 4 is 23.6 Å². The lowest BCUT2D eigenvalue weighted by Gasteiger charge is -2.13. The summed E-state index contributed by atoms with van der Waals surface area (Å²) in [6.07, 6.45) is 6.26. The summed E-state index contributed by atoms with van der Waals surface area (Å²) in [5.74, 6) is -0.611. The van der Waals surface area contributed by atoms with Crippen LogP contribution in [0.2, 0.25) is 0 Å². The molecule has 2 N–H and O–H groups in total. The fourth-order valence-corrected chi connectivity index (χ4v) is 1.59. The Balaban J connectivity index is 2.21. The predicted molar refractivity (Wildman–Crippen MR) is 66.2 cm³/mol. The average molecular weight is 228 g/mol. The van der Waals surface area contributed by atoms with Gasteiger partial charge in [-0.1, -0.05) is 24.3 Å². The molecule has 0 fully saturated rings. The van der Waals surface area contributed by atoms with Crippen molar-refractivity contribution in [2.45, 2.75) is 0 Å². The molecule has 2 rings (SSSR count). The molecular weight excluding hydrogens is 216 g/mol. The first kappa shape index (κ1) is 11.3. The Kier molecular flexibility index (Phi) is 3.16. The van der Waals surface area contributed by atoms with E-state index in [9.17, 15) is 9.59 Å². The van der Waals surface area contributed by atoms with Gasteiger partial charge in [-0.2, -0.15) is 0 Å². The van der Waals surface area contributed by atoms with Crippen LogP contribution in [0.15, 0.2) is 42.5 Å². The molecule has 0 atom stereocenters. The first-order valence-electron chi connectivity index (χ1n) is 5.25. The lowest BCUT2D eigenvalue weighted by molar-refractivity contribution is -0.119. The van der Waals surface area contributed by atoms with Crippen LogP contribution in [0, 0.1) is 0 Å². The summed E-state index contributed by atoms with van der Waals surface area (Å²) >= 11 is 0. The van der Waals surface area contributed by atoms with E-state index in [1.807, 2.05) is 24.3 Å². The highest BCUT2D eigenvalue weighted by Crippen LogP contribution is 2.19. The Hall–Kier alpha value is -2.20. The monoisotopic (exact) mass is 228 g/mol. The van der Waals surface area contributed by atoms with Crippen molar-refractivity contribution < 1.29 is 9.59 Å². The maximum absolute atomic E-state index is 11.4. The number of nitrogens with zero attached hydrogens (tertiary/aromatic N) is 1. The van der Waals surface area contributed by atoms with Crippen molar-refractivity contribution in [3.63, 3.8) is 0 Å². The molecule has 0 saturated heterocycles. The van der Waals surface area contributed by atoms with Gasteiger partial charge in [-0.3, -0.25) is 9.59 Å². The van der Waals surface area contributed by atoms with E-state index in [4.69, 9.17) is 5.73 Å². The molecule has 0 unspecified atom stereocenters. The van der Waals surface area contributed by atoms with E-state index in [0.29, 0.717) is 12.2 Å². The highest BCUT2D eigenvalue weighted by Gasteiger charge is 2.24. The Bertz CT molecular complexity index is 483. The zero-order valence-corrected chi connectivity index (χ0v) is 9.17. The largest absolute Gasteiger partial charge is 0.327 e. The third-order valence-corrected chi connectivity index (χ3v) is 2.41. The van der Waals surface area contributed by atoms with Crippen molar-refractivity contribution in [3.05, 3.63) is 48.1 Å². The smallest absolute Gasteiger partial charge is 0.258 e. The van der Waals surface area contributed by atoms with Gasteiger partial charge < -0.3 is 5.73 Å². The van der Waals surface area contributed by atoms with E-state index < -0.39 is 0 Å². The Labute approximate surface area is 99.0 Å². The Morgan fingerprint density at radius 1 is 1.06 bits per heavy atom. The van der Waals surface area contributed by atoms with Crippen LogP contribution >= 0.6 is 0 Å². The van der Waals surface area contributed by atoms with Gasteiger partial charge in [0.05, 0.1) is 5.69 Å². The van der Waals surface area contributed by atoms with Crippen LogP contribution in [-0.2, 0) is 9.59 Å². The summed E-state index contributed by atoms with van der Waals surface area (Å²) in [6.45, 7) is 0.481. The van der Waals surface area contributed by atoms with Crippen molar-refractivity contribution in [3.8, 4) is 0 Å². The second kappa shape index (κ2) is 4.76.